The highest BCUT2D eigenvalue weighted by atomic mass is 35.5. The van der Waals surface area contributed by atoms with Gasteiger partial charge >= 0.3 is 0 Å². The van der Waals surface area contributed by atoms with E-state index in [9.17, 15) is 0 Å². The van der Waals surface area contributed by atoms with Crippen LogP contribution in [-0.4, -0.2) is 27.7 Å². The Labute approximate surface area is 143 Å². The van der Waals surface area contributed by atoms with Gasteiger partial charge in [0.1, 0.15) is 0 Å². The van der Waals surface area contributed by atoms with Crippen LogP contribution in [0.15, 0.2) is 36.4 Å². The lowest BCUT2D eigenvalue weighted by Gasteiger charge is -2.44. The Morgan fingerprint density at radius 3 is 2.74 bits per heavy atom. The quantitative estimate of drug-likeness (QED) is 0.836. The molecule has 0 aliphatic carbocycles. The summed E-state index contributed by atoms with van der Waals surface area (Å²) in [6.45, 7) is 8.58. The first-order valence-corrected chi connectivity index (χ1v) is 8.63. The molecule has 0 spiro atoms. The fourth-order valence-corrected chi connectivity index (χ4v) is 3.76. The second kappa shape index (κ2) is 6.58. The third-order valence-electron chi connectivity index (χ3n) is 5.06. The van der Waals surface area contributed by atoms with Crippen molar-refractivity contribution in [2.75, 3.05) is 6.54 Å². The molecule has 0 radical (unpaired) electrons. The molecule has 0 N–H and O–H groups in total. The fourth-order valence-electron chi connectivity index (χ4n) is 3.57. The number of hydrogen-bond donors (Lipinski definition) is 0. The summed E-state index contributed by atoms with van der Waals surface area (Å²) in [5.74, 6) is 0. The summed E-state index contributed by atoms with van der Waals surface area (Å²) in [4.78, 5) is 2.51. The molecule has 1 fully saturated rings. The largest absolute Gasteiger partial charge is 0.295 e. The number of aromatic nitrogens is 2. The molecule has 2 heterocycles. The van der Waals surface area contributed by atoms with Gasteiger partial charge in [0.25, 0.3) is 0 Å². The third-order valence-corrected chi connectivity index (χ3v) is 5.29. The second-order valence-electron chi connectivity index (χ2n) is 7.01. The Balaban J connectivity index is 1.70. The number of nitrogens with zero attached hydrogens (tertiary/aromatic N) is 3. The van der Waals surface area contributed by atoms with Gasteiger partial charge < -0.3 is 0 Å². The zero-order valence-electron chi connectivity index (χ0n) is 14.1. The first-order chi connectivity index (χ1) is 11.0. The molecule has 122 valence electrons. The molecule has 1 aliphatic rings. The van der Waals surface area contributed by atoms with Crippen LogP contribution >= 0.6 is 11.6 Å². The monoisotopic (exact) mass is 329 g/mol. The van der Waals surface area contributed by atoms with Crippen LogP contribution in [0.1, 0.15) is 43.6 Å². The number of benzene rings is 1. The van der Waals surface area contributed by atoms with E-state index in [0.29, 0.717) is 6.04 Å². The summed E-state index contributed by atoms with van der Waals surface area (Å²) in [6, 6.07) is 13.0. The Hall–Kier alpha value is -1.45. The molecule has 1 aliphatic heterocycles. The molecule has 0 saturated carbocycles. The van der Waals surface area contributed by atoms with Gasteiger partial charge in [0.15, 0.2) is 0 Å². The topological polar surface area (TPSA) is 29.0 Å². The van der Waals surface area contributed by atoms with Gasteiger partial charge in [-0.15, -0.1) is 0 Å². The summed E-state index contributed by atoms with van der Waals surface area (Å²) in [5, 5.41) is 9.30. The van der Waals surface area contributed by atoms with Crippen molar-refractivity contribution in [2.24, 2.45) is 0 Å². The summed E-state index contributed by atoms with van der Waals surface area (Å²) in [5.41, 5.74) is 3.56. The number of aryl methyl sites for hydroxylation is 1. The number of piperidine rings is 1. The SMILES string of the molecule is Cc1ccc(CN2CC[C@](C)(c3cccc(Cl)c3)C[C@@H]2C)nn1. The van der Waals surface area contributed by atoms with E-state index in [2.05, 4.69) is 53.2 Å². The van der Waals surface area contributed by atoms with E-state index in [1.54, 1.807) is 0 Å². The average molecular weight is 330 g/mol. The molecule has 2 atom stereocenters. The Morgan fingerprint density at radius 1 is 1.26 bits per heavy atom. The van der Waals surface area contributed by atoms with Crippen molar-refractivity contribution in [3.8, 4) is 0 Å². The van der Waals surface area contributed by atoms with E-state index in [1.807, 2.05) is 19.1 Å². The lowest BCUT2D eigenvalue weighted by Crippen LogP contribution is -2.46. The highest BCUT2D eigenvalue weighted by molar-refractivity contribution is 6.30. The van der Waals surface area contributed by atoms with E-state index in [4.69, 9.17) is 11.6 Å². The van der Waals surface area contributed by atoms with E-state index in [-0.39, 0.29) is 5.41 Å². The smallest absolute Gasteiger partial charge is 0.0771 e. The maximum Gasteiger partial charge on any atom is 0.0771 e. The van der Waals surface area contributed by atoms with Gasteiger partial charge in [0.2, 0.25) is 0 Å². The Kier molecular flexibility index (Phi) is 4.69. The minimum atomic E-state index is 0.194. The average Bonchev–Trinajstić information content (AvgIpc) is 2.52. The third kappa shape index (κ3) is 3.73. The molecule has 1 aromatic heterocycles. The van der Waals surface area contributed by atoms with Crippen molar-refractivity contribution in [2.45, 2.75) is 51.6 Å². The van der Waals surface area contributed by atoms with Gasteiger partial charge in [-0.3, -0.25) is 4.90 Å². The first-order valence-electron chi connectivity index (χ1n) is 8.26. The highest BCUT2D eigenvalue weighted by Crippen LogP contribution is 2.38. The molecular weight excluding hydrogens is 306 g/mol. The van der Waals surface area contributed by atoms with E-state index in [1.165, 1.54) is 5.56 Å². The van der Waals surface area contributed by atoms with Gasteiger partial charge in [-0.25, -0.2) is 0 Å². The lowest BCUT2D eigenvalue weighted by atomic mass is 9.72. The van der Waals surface area contributed by atoms with Gasteiger partial charge in [-0.05, 0) is 68.5 Å². The molecule has 3 nitrogen and oxygen atoms in total. The van der Waals surface area contributed by atoms with Crippen LogP contribution in [0.25, 0.3) is 0 Å². The molecule has 0 bridgehead atoms. The van der Waals surface area contributed by atoms with Crippen molar-refractivity contribution < 1.29 is 0 Å². The predicted octanol–water partition coefficient (Wildman–Crippen LogP) is 4.38. The van der Waals surface area contributed by atoms with Crippen molar-refractivity contribution in [3.63, 3.8) is 0 Å². The molecule has 0 amide bonds. The number of rotatable bonds is 3. The van der Waals surface area contributed by atoms with Crippen LogP contribution in [0.3, 0.4) is 0 Å². The molecule has 23 heavy (non-hydrogen) atoms. The molecule has 1 aromatic carbocycles. The van der Waals surface area contributed by atoms with Crippen LogP contribution < -0.4 is 0 Å². The van der Waals surface area contributed by atoms with Crippen molar-refractivity contribution >= 4 is 11.6 Å². The van der Waals surface area contributed by atoms with Gasteiger partial charge in [-0.2, -0.15) is 10.2 Å². The molecular formula is C19H24ClN3. The van der Waals surface area contributed by atoms with E-state index < -0.39 is 0 Å². The summed E-state index contributed by atoms with van der Waals surface area (Å²) < 4.78 is 0. The zero-order chi connectivity index (χ0) is 16.4. The standard InChI is InChI=1S/C19H24ClN3/c1-14-7-8-18(22-21-14)13-23-10-9-19(3,12-15(23)2)16-5-4-6-17(20)11-16/h4-8,11,15H,9-10,12-13H2,1-3H3/t15-,19-/m0/s1. The van der Waals surface area contributed by atoms with Crippen LogP contribution in [0.2, 0.25) is 5.02 Å². The van der Waals surface area contributed by atoms with Gasteiger partial charge in [0.05, 0.1) is 11.4 Å². The van der Waals surface area contributed by atoms with Crippen LogP contribution in [0.5, 0.6) is 0 Å². The zero-order valence-corrected chi connectivity index (χ0v) is 14.8. The van der Waals surface area contributed by atoms with Crippen molar-refractivity contribution in [1.82, 2.24) is 15.1 Å². The summed E-state index contributed by atoms with van der Waals surface area (Å²) >= 11 is 6.19. The van der Waals surface area contributed by atoms with Crippen molar-refractivity contribution in [1.29, 1.82) is 0 Å². The fraction of sp³-hybridized carbons (Fsp3) is 0.474. The van der Waals surface area contributed by atoms with E-state index >= 15 is 0 Å². The van der Waals surface area contributed by atoms with Crippen molar-refractivity contribution in [3.05, 3.63) is 58.4 Å². The predicted molar refractivity (Wildman–Crippen MR) is 94.7 cm³/mol. The number of halogens is 1. The number of hydrogen-bond acceptors (Lipinski definition) is 3. The van der Waals surface area contributed by atoms with E-state index in [0.717, 1.165) is 42.3 Å². The van der Waals surface area contributed by atoms with Crippen LogP contribution in [-0.2, 0) is 12.0 Å². The molecule has 4 heteroatoms. The minimum Gasteiger partial charge on any atom is -0.295 e. The Morgan fingerprint density at radius 2 is 2.09 bits per heavy atom. The van der Waals surface area contributed by atoms with Gasteiger partial charge in [0, 0.05) is 17.6 Å². The molecule has 0 unspecified atom stereocenters. The Bertz CT molecular complexity index is 671. The maximum atomic E-state index is 6.19. The number of likely N-dealkylation sites (tertiary alicyclic amines) is 1. The normalized spacial score (nSPS) is 25.5. The molecule has 2 aromatic rings. The second-order valence-corrected chi connectivity index (χ2v) is 7.45. The lowest BCUT2D eigenvalue weighted by molar-refractivity contribution is 0.102. The van der Waals surface area contributed by atoms with Crippen LogP contribution in [0.4, 0.5) is 0 Å². The maximum absolute atomic E-state index is 6.19. The molecule has 3 rings (SSSR count). The van der Waals surface area contributed by atoms with Crippen LogP contribution in [0, 0.1) is 6.92 Å². The minimum absolute atomic E-state index is 0.194. The summed E-state index contributed by atoms with van der Waals surface area (Å²) in [7, 11) is 0. The van der Waals surface area contributed by atoms with Gasteiger partial charge in [-0.1, -0.05) is 30.7 Å². The first kappa shape index (κ1) is 16.4. The summed E-state index contributed by atoms with van der Waals surface area (Å²) in [6.07, 6.45) is 2.27. The highest BCUT2D eigenvalue weighted by Gasteiger charge is 2.35. The molecule has 1 saturated heterocycles.